The van der Waals surface area contributed by atoms with Gasteiger partial charge in [-0.25, -0.2) is 0 Å². The van der Waals surface area contributed by atoms with Gasteiger partial charge >= 0.3 is 0 Å². The van der Waals surface area contributed by atoms with E-state index in [1.165, 1.54) is 24.3 Å². The molecule has 3 N–H and O–H groups in total. The van der Waals surface area contributed by atoms with Crippen LogP contribution in [0.4, 0.5) is 11.4 Å². The third-order valence-electron chi connectivity index (χ3n) is 4.58. The number of nitrogens with zero attached hydrogens (tertiary/aromatic N) is 1. The van der Waals surface area contributed by atoms with Crippen molar-refractivity contribution in [3.63, 3.8) is 0 Å². The van der Waals surface area contributed by atoms with Crippen molar-refractivity contribution in [3.05, 3.63) is 34.4 Å². The average molecular weight is 332 g/mol. The summed E-state index contributed by atoms with van der Waals surface area (Å²) in [5.74, 6) is -0.442. The van der Waals surface area contributed by atoms with E-state index in [2.05, 4.69) is 16.0 Å². The average Bonchev–Trinajstić information content (AvgIpc) is 2.56. The van der Waals surface area contributed by atoms with Crippen LogP contribution in [-0.4, -0.2) is 34.9 Å². The molecule has 2 amide bonds. The van der Waals surface area contributed by atoms with Crippen molar-refractivity contribution in [3.8, 4) is 0 Å². The molecule has 1 aromatic rings. The molecule has 2 aliphatic rings. The summed E-state index contributed by atoms with van der Waals surface area (Å²) in [6, 6.07) is 5.46. The standard InChI is InChI=1S/C16H20N4O4/c21-15(17-10-5-7-11(8-6-10)20(23)24)9-14-16(22)19-13-4-2-1-3-12(13)18-14/h5-8,12-14,18H,1-4,9H2,(H,17,21)(H,19,22)/t12-,13-,14+/m0/s1. The SMILES string of the molecule is O=C(C[C@H]1N[C@H]2CCCC[C@@H]2NC1=O)Nc1ccc([N+](=O)[O-])cc1. The topological polar surface area (TPSA) is 113 Å². The summed E-state index contributed by atoms with van der Waals surface area (Å²) in [5, 5.41) is 19.6. The molecule has 8 heteroatoms. The van der Waals surface area contributed by atoms with Crippen LogP contribution >= 0.6 is 0 Å². The molecule has 2 fully saturated rings. The lowest BCUT2D eigenvalue weighted by Gasteiger charge is -2.40. The smallest absolute Gasteiger partial charge is 0.269 e. The molecule has 0 spiro atoms. The maximum atomic E-state index is 12.1. The van der Waals surface area contributed by atoms with Crippen molar-refractivity contribution in [2.45, 2.75) is 50.2 Å². The van der Waals surface area contributed by atoms with Crippen molar-refractivity contribution < 1.29 is 14.5 Å². The number of anilines is 1. The minimum absolute atomic E-state index is 0.0338. The Morgan fingerprint density at radius 1 is 1.21 bits per heavy atom. The first-order chi connectivity index (χ1) is 11.5. The predicted octanol–water partition coefficient (Wildman–Crippen LogP) is 1.32. The van der Waals surface area contributed by atoms with Crippen molar-refractivity contribution >= 4 is 23.2 Å². The molecule has 1 heterocycles. The zero-order valence-corrected chi connectivity index (χ0v) is 13.2. The number of hydrogen-bond acceptors (Lipinski definition) is 5. The van der Waals surface area contributed by atoms with Gasteiger partial charge in [0.1, 0.15) is 0 Å². The summed E-state index contributed by atoms with van der Waals surface area (Å²) in [4.78, 5) is 34.4. The number of carbonyl (C=O) groups is 2. The Labute approximate surface area is 139 Å². The van der Waals surface area contributed by atoms with Gasteiger partial charge in [0.25, 0.3) is 5.69 Å². The van der Waals surface area contributed by atoms with Crippen molar-refractivity contribution in [2.24, 2.45) is 0 Å². The number of benzene rings is 1. The van der Waals surface area contributed by atoms with Gasteiger partial charge in [-0.05, 0) is 25.0 Å². The van der Waals surface area contributed by atoms with Crippen LogP contribution in [-0.2, 0) is 9.59 Å². The molecule has 8 nitrogen and oxygen atoms in total. The number of nitro groups is 1. The lowest BCUT2D eigenvalue weighted by atomic mass is 9.87. The number of rotatable bonds is 4. The van der Waals surface area contributed by atoms with Gasteiger partial charge in [-0.1, -0.05) is 12.8 Å². The van der Waals surface area contributed by atoms with E-state index in [0.29, 0.717) is 5.69 Å². The predicted molar refractivity (Wildman–Crippen MR) is 87.5 cm³/mol. The molecule has 3 rings (SSSR count). The van der Waals surface area contributed by atoms with Crippen LogP contribution in [0.1, 0.15) is 32.1 Å². The van der Waals surface area contributed by atoms with Crippen LogP contribution in [0.2, 0.25) is 0 Å². The Morgan fingerprint density at radius 2 is 1.88 bits per heavy atom. The summed E-state index contributed by atoms with van der Waals surface area (Å²) < 4.78 is 0. The van der Waals surface area contributed by atoms with Gasteiger partial charge in [0.05, 0.1) is 17.4 Å². The second-order valence-corrected chi connectivity index (χ2v) is 6.28. The number of piperazine rings is 1. The van der Waals surface area contributed by atoms with E-state index in [1.54, 1.807) is 0 Å². The van der Waals surface area contributed by atoms with Gasteiger partial charge in [-0.15, -0.1) is 0 Å². The lowest BCUT2D eigenvalue weighted by Crippen LogP contribution is -2.65. The molecular formula is C16H20N4O4. The molecule has 1 saturated carbocycles. The van der Waals surface area contributed by atoms with E-state index in [1.807, 2.05) is 0 Å². The van der Waals surface area contributed by atoms with Crippen molar-refractivity contribution in [1.82, 2.24) is 10.6 Å². The van der Waals surface area contributed by atoms with E-state index in [0.717, 1.165) is 25.7 Å². The largest absolute Gasteiger partial charge is 0.350 e. The Balaban J connectivity index is 1.56. The number of nitrogens with one attached hydrogen (secondary N) is 3. The summed E-state index contributed by atoms with van der Waals surface area (Å²) in [7, 11) is 0. The maximum absolute atomic E-state index is 12.1. The number of non-ortho nitro benzene ring substituents is 1. The second kappa shape index (κ2) is 6.96. The zero-order chi connectivity index (χ0) is 17.1. The Kier molecular flexibility index (Phi) is 4.75. The highest BCUT2D eigenvalue weighted by Crippen LogP contribution is 2.22. The number of hydrogen-bond donors (Lipinski definition) is 3. The van der Waals surface area contributed by atoms with Gasteiger partial charge in [0.15, 0.2) is 0 Å². The fourth-order valence-corrected chi connectivity index (χ4v) is 3.34. The monoisotopic (exact) mass is 332 g/mol. The number of fused-ring (bicyclic) bond motifs is 1. The molecule has 1 aliphatic carbocycles. The fraction of sp³-hybridized carbons (Fsp3) is 0.500. The Bertz CT molecular complexity index is 646. The molecular weight excluding hydrogens is 312 g/mol. The van der Waals surface area contributed by atoms with E-state index in [4.69, 9.17) is 0 Å². The first-order valence-electron chi connectivity index (χ1n) is 8.13. The first kappa shape index (κ1) is 16.4. The van der Waals surface area contributed by atoms with Crippen LogP contribution in [0, 0.1) is 10.1 Å². The summed E-state index contributed by atoms with van der Waals surface area (Å²) in [5.41, 5.74) is 0.432. The molecule has 3 atom stereocenters. The molecule has 1 aliphatic heterocycles. The quantitative estimate of drug-likeness (QED) is 0.568. The Morgan fingerprint density at radius 3 is 2.54 bits per heavy atom. The van der Waals surface area contributed by atoms with Gasteiger partial charge in [-0.2, -0.15) is 0 Å². The molecule has 1 saturated heterocycles. The number of nitro benzene ring substituents is 1. The van der Waals surface area contributed by atoms with Crippen molar-refractivity contribution in [2.75, 3.05) is 5.32 Å². The molecule has 1 aromatic carbocycles. The first-order valence-corrected chi connectivity index (χ1v) is 8.13. The van der Waals surface area contributed by atoms with Gasteiger partial charge in [0.2, 0.25) is 11.8 Å². The van der Waals surface area contributed by atoms with Crippen LogP contribution < -0.4 is 16.0 Å². The molecule has 0 bridgehead atoms. The van der Waals surface area contributed by atoms with Crippen LogP contribution in [0.15, 0.2) is 24.3 Å². The molecule has 0 radical (unpaired) electrons. The minimum Gasteiger partial charge on any atom is -0.350 e. The van der Waals surface area contributed by atoms with Gasteiger partial charge in [0, 0.05) is 29.9 Å². The third-order valence-corrected chi connectivity index (χ3v) is 4.58. The molecule has 0 unspecified atom stereocenters. The second-order valence-electron chi connectivity index (χ2n) is 6.28. The van der Waals surface area contributed by atoms with E-state index in [9.17, 15) is 19.7 Å². The van der Waals surface area contributed by atoms with Crippen LogP contribution in [0.25, 0.3) is 0 Å². The summed E-state index contributed by atoms with van der Waals surface area (Å²) >= 11 is 0. The normalized spacial score (nSPS) is 26.2. The highest BCUT2D eigenvalue weighted by Gasteiger charge is 2.36. The fourth-order valence-electron chi connectivity index (χ4n) is 3.34. The summed E-state index contributed by atoms with van der Waals surface area (Å²) in [6.07, 6.45) is 4.27. The number of carbonyl (C=O) groups excluding carboxylic acids is 2. The molecule has 128 valence electrons. The van der Waals surface area contributed by atoms with Gasteiger partial charge < -0.3 is 16.0 Å². The minimum atomic E-state index is -0.539. The Hall–Kier alpha value is -2.48. The molecule has 24 heavy (non-hydrogen) atoms. The van der Waals surface area contributed by atoms with E-state index >= 15 is 0 Å². The van der Waals surface area contributed by atoms with E-state index < -0.39 is 11.0 Å². The molecule has 0 aromatic heterocycles. The van der Waals surface area contributed by atoms with Gasteiger partial charge in [-0.3, -0.25) is 19.7 Å². The number of amides is 2. The van der Waals surface area contributed by atoms with E-state index in [-0.39, 0.29) is 36.0 Å². The lowest BCUT2D eigenvalue weighted by molar-refractivity contribution is -0.384. The van der Waals surface area contributed by atoms with Crippen molar-refractivity contribution in [1.29, 1.82) is 0 Å². The third kappa shape index (κ3) is 3.70. The zero-order valence-electron chi connectivity index (χ0n) is 13.2. The highest BCUT2D eigenvalue weighted by molar-refractivity contribution is 5.95. The summed E-state index contributed by atoms with van der Waals surface area (Å²) in [6.45, 7) is 0. The highest BCUT2D eigenvalue weighted by atomic mass is 16.6. The van der Waals surface area contributed by atoms with Crippen LogP contribution in [0.5, 0.6) is 0 Å². The maximum Gasteiger partial charge on any atom is 0.269 e. The van der Waals surface area contributed by atoms with Crippen LogP contribution in [0.3, 0.4) is 0 Å².